The number of amides is 1. The standard InChI is InChI=1S/C21H30N2O3/c1-25-19-10-6-7-17(21(19)26-2)11-12-20(24)23-15-13-22(14-16-23)18-8-4-3-5-9-18/h6-7,10-12,18H,3-5,8-9,13-16H2,1-2H3. The van der Waals surface area contributed by atoms with Crippen molar-refractivity contribution in [3.05, 3.63) is 29.8 Å². The zero-order valence-electron chi connectivity index (χ0n) is 15.9. The van der Waals surface area contributed by atoms with Crippen LogP contribution < -0.4 is 9.47 Å². The van der Waals surface area contributed by atoms with Gasteiger partial charge in [-0.3, -0.25) is 9.69 Å². The molecule has 26 heavy (non-hydrogen) atoms. The summed E-state index contributed by atoms with van der Waals surface area (Å²) in [4.78, 5) is 17.1. The van der Waals surface area contributed by atoms with Crippen LogP contribution in [0.25, 0.3) is 6.08 Å². The van der Waals surface area contributed by atoms with E-state index in [1.54, 1.807) is 20.3 Å². The Morgan fingerprint density at radius 1 is 1.04 bits per heavy atom. The minimum atomic E-state index is 0.0677. The van der Waals surface area contributed by atoms with Crippen LogP contribution >= 0.6 is 0 Å². The number of para-hydroxylation sites is 1. The van der Waals surface area contributed by atoms with Gasteiger partial charge in [-0.2, -0.15) is 0 Å². The molecule has 2 fully saturated rings. The summed E-state index contributed by atoms with van der Waals surface area (Å²) in [5, 5.41) is 0. The van der Waals surface area contributed by atoms with Gasteiger partial charge in [0, 0.05) is 43.9 Å². The van der Waals surface area contributed by atoms with Gasteiger partial charge < -0.3 is 14.4 Å². The first-order chi connectivity index (χ1) is 12.7. The number of hydrogen-bond donors (Lipinski definition) is 0. The minimum absolute atomic E-state index is 0.0677. The first-order valence-corrected chi connectivity index (χ1v) is 9.65. The van der Waals surface area contributed by atoms with Crippen molar-refractivity contribution in [2.45, 2.75) is 38.1 Å². The molecule has 5 heteroatoms. The maximum Gasteiger partial charge on any atom is 0.246 e. The van der Waals surface area contributed by atoms with Gasteiger partial charge in [-0.05, 0) is 25.0 Å². The van der Waals surface area contributed by atoms with E-state index in [9.17, 15) is 4.79 Å². The van der Waals surface area contributed by atoms with Gasteiger partial charge in [0.25, 0.3) is 0 Å². The van der Waals surface area contributed by atoms with Crippen molar-refractivity contribution in [3.8, 4) is 11.5 Å². The fourth-order valence-corrected chi connectivity index (χ4v) is 4.06. The molecule has 0 radical (unpaired) electrons. The van der Waals surface area contributed by atoms with Crippen LogP contribution in [0.3, 0.4) is 0 Å². The highest BCUT2D eigenvalue weighted by atomic mass is 16.5. The van der Waals surface area contributed by atoms with Crippen molar-refractivity contribution in [1.82, 2.24) is 9.80 Å². The molecule has 0 unspecified atom stereocenters. The Morgan fingerprint density at radius 3 is 2.42 bits per heavy atom. The molecule has 142 valence electrons. The normalized spacial score (nSPS) is 19.7. The molecule has 0 spiro atoms. The van der Waals surface area contributed by atoms with Crippen LogP contribution in [0.1, 0.15) is 37.7 Å². The molecule has 0 aromatic heterocycles. The van der Waals surface area contributed by atoms with Gasteiger partial charge in [-0.25, -0.2) is 0 Å². The van der Waals surface area contributed by atoms with E-state index >= 15 is 0 Å². The number of methoxy groups -OCH3 is 2. The van der Waals surface area contributed by atoms with Crippen molar-refractivity contribution in [1.29, 1.82) is 0 Å². The average Bonchev–Trinajstić information content (AvgIpc) is 2.72. The zero-order chi connectivity index (χ0) is 18.4. The Bertz CT molecular complexity index is 630. The van der Waals surface area contributed by atoms with E-state index in [0.29, 0.717) is 11.5 Å². The Kier molecular flexibility index (Phi) is 6.56. The van der Waals surface area contributed by atoms with Crippen LogP contribution in [0, 0.1) is 0 Å². The van der Waals surface area contributed by atoms with Gasteiger partial charge >= 0.3 is 0 Å². The van der Waals surface area contributed by atoms with E-state index in [2.05, 4.69) is 4.90 Å². The predicted molar refractivity (Wildman–Crippen MR) is 104 cm³/mol. The van der Waals surface area contributed by atoms with Crippen LogP contribution in [0.2, 0.25) is 0 Å². The van der Waals surface area contributed by atoms with Crippen LogP contribution in [0.5, 0.6) is 11.5 Å². The number of carbonyl (C=O) groups is 1. The number of piperazine rings is 1. The summed E-state index contributed by atoms with van der Waals surface area (Å²) < 4.78 is 10.7. The fourth-order valence-electron chi connectivity index (χ4n) is 4.06. The molecule has 0 N–H and O–H groups in total. The monoisotopic (exact) mass is 358 g/mol. The van der Waals surface area contributed by atoms with Crippen LogP contribution in [0.4, 0.5) is 0 Å². The van der Waals surface area contributed by atoms with E-state index in [0.717, 1.165) is 37.8 Å². The highest BCUT2D eigenvalue weighted by molar-refractivity contribution is 5.92. The molecule has 5 nitrogen and oxygen atoms in total. The molecule has 1 aliphatic carbocycles. The molecule has 1 amide bonds. The molecule has 1 aromatic carbocycles. The molecular formula is C21H30N2O3. The first-order valence-electron chi connectivity index (χ1n) is 9.65. The van der Waals surface area contributed by atoms with Crippen molar-refractivity contribution in [2.75, 3.05) is 40.4 Å². The summed E-state index contributed by atoms with van der Waals surface area (Å²) in [5.74, 6) is 1.39. The molecule has 1 aliphatic heterocycles. The second kappa shape index (κ2) is 9.08. The summed E-state index contributed by atoms with van der Waals surface area (Å²) in [5.41, 5.74) is 0.848. The summed E-state index contributed by atoms with van der Waals surface area (Å²) in [6.07, 6.45) is 10.2. The van der Waals surface area contributed by atoms with Crippen LogP contribution in [-0.4, -0.2) is 62.1 Å². The lowest BCUT2D eigenvalue weighted by Gasteiger charge is -2.40. The Labute approximate surface area is 156 Å². The second-order valence-electron chi connectivity index (χ2n) is 7.07. The van der Waals surface area contributed by atoms with Gasteiger partial charge in [0.1, 0.15) is 0 Å². The molecule has 3 rings (SSSR count). The molecule has 1 saturated carbocycles. The lowest BCUT2D eigenvalue weighted by Crippen LogP contribution is -2.52. The third-order valence-electron chi connectivity index (χ3n) is 5.56. The van der Waals surface area contributed by atoms with Crippen molar-refractivity contribution in [3.63, 3.8) is 0 Å². The SMILES string of the molecule is COc1cccc(C=CC(=O)N2CCN(C3CCCCC3)CC2)c1OC. The Morgan fingerprint density at radius 2 is 1.77 bits per heavy atom. The quantitative estimate of drug-likeness (QED) is 0.758. The third-order valence-corrected chi connectivity index (χ3v) is 5.56. The maximum absolute atomic E-state index is 12.6. The van der Waals surface area contributed by atoms with E-state index in [1.807, 2.05) is 29.2 Å². The first kappa shape index (κ1) is 18.8. The van der Waals surface area contributed by atoms with Gasteiger partial charge in [0.15, 0.2) is 11.5 Å². The summed E-state index contributed by atoms with van der Waals surface area (Å²) in [7, 11) is 3.23. The van der Waals surface area contributed by atoms with Gasteiger partial charge in [0.2, 0.25) is 5.91 Å². The van der Waals surface area contributed by atoms with Gasteiger partial charge in [-0.15, -0.1) is 0 Å². The highest BCUT2D eigenvalue weighted by Crippen LogP contribution is 2.31. The summed E-state index contributed by atoms with van der Waals surface area (Å²) >= 11 is 0. The smallest absolute Gasteiger partial charge is 0.246 e. The molecular weight excluding hydrogens is 328 g/mol. The number of rotatable bonds is 5. The summed E-state index contributed by atoms with van der Waals surface area (Å²) in [6.45, 7) is 3.61. The predicted octanol–water partition coefficient (Wildman–Crippen LogP) is 3.19. The second-order valence-corrected chi connectivity index (χ2v) is 7.07. The minimum Gasteiger partial charge on any atom is -0.493 e. The van der Waals surface area contributed by atoms with Crippen molar-refractivity contribution < 1.29 is 14.3 Å². The van der Waals surface area contributed by atoms with Gasteiger partial charge in [-0.1, -0.05) is 31.4 Å². The van der Waals surface area contributed by atoms with Crippen molar-refractivity contribution >= 4 is 12.0 Å². The lowest BCUT2D eigenvalue weighted by molar-refractivity contribution is -0.128. The van der Waals surface area contributed by atoms with E-state index in [1.165, 1.54) is 32.1 Å². The van der Waals surface area contributed by atoms with E-state index < -0.39 is 0 Å². The largest absolute Gasteiger partial charge is 0.493 e. The molecule has 1 aromatic rings. The number of ether oxygens (including phenoxy) is 2. The molecule has 1 heterocycles. The molecule has 0 bridgehead atoms. The van der Waals surface area contributed by atoms with Crippen molar-refractivity contribution in [2.24, 2.45) is 0 Å². The average molecular weight is 358 g/mol. The fraction of sp³-hybridized carbons (Fsp3) is 0.571. The Balaban J connectivity index is 1.57. The van der Waals surface area contributed by atoms with Gasteiger partial charge in [0.05, 0.1) is 14.2 Å². The highest BCUT2D eigenvalue weighted by Gasteiger charge is 2.26. The summed E-state index contributed by atoms with van der Waals surface area (Å²) in [6, 6.07) is 6.40. The van der Waals surface area contributed by atoms with Crippen LogP contribution in [0.15, 0.2) is 24.3 Å². The molecule has 2 aliphatic rings. The van der Waals surface area contributed by atoms with E-state index in [-0.39, 0.29) is 5.91 Å². The Hall–Kier alpha value is -2.01. The number of nitrogens with zero attached hydrogens (tertiary/aromatic N) is 2. The molecule has 1 saturated heterocycles. The number of carbonyl (C=O) groups excluding carboxylic acids is 1. The molecule has 0 atom stereocenters. The lowest BCUT2D eigenvalue weighted by atomic mass is 9.94. The maximum atomic E-state index is 12.6. The number of hydrogen-bond acceptors (Lipinski definition) is 4. The van der Waals surface area contributed by atoms with E-state index in [4.69, 9.17) is 9.47 Å². The van der Waals surface area contributed by atoms with Crippen LogP contribution in [-0.2, 0) is 4.79 Å². The zero-order valence-corrected chi connectivity index (χ0v) is 15.9. The third kappa shape index (κ3) is 4.39. The number of benzene rings is 1. The topological polar surface area (TPSA) is 42.0 Å².